The lowest BCUT2D eigenvalue weighted by molar-refractivity contribution is -0.154. The third-order valence-electron chi connectivity index (χ3n) is 4.31. The van der Waals surface area contributed by atoms with Crippen LogP contribution in [0.25, 0.3) is 0 Å². The van der Waals surface area contributed by atoms with Crippen molar-refractivity contribution in [2.45, 2.75) is 59.6 Å². The smallest absolute Gasteiger partial charge is 0.326 e. The number of carbonyl (C=O) groups is 3. The van der Waals surface area contributed by atoms with E-state index in [1.807, 2.05) is 51.1 Å². The van der Waals surface area contributed by atoms with Crippen LogP contribution in [0.1, 0.15) is 52.5 Å². The third kappa shape index (κ3) is 7.02. The van der Waals surface area contributed by atoms with Gasteiger partial charge in [0.25, 0.3) is 5.91 Å². The first-order valence-electron chi connectivity index (χ1n) is 9.20. The molecule has 0 aliphatic carbocycles. The first-order valence-corrected chi connectivity index (χ1v) is 9.20. The molecule has 2 atom stereocenters. The van der Waals surface area contributed by atoms with Gasteiger partial charge in [-0.15, -0.1) is 0 Å². The molecule has 1 rings (SSSR count). The largest absolute Gasteiger partial charge is 0.480 e. The molecule has 0 bridgehead atoms. The number of carboxylic acids is 1. The molecule has 7 heteroatoms. The Morgan fingerprint density at radius 3 is 2.30 bits per heavy atom. The van der Waals surface area contributed by atoms with Crippen LogP contribution in [-0.4, -0.2) is 28.9 Å². The van der Waals surface area contributed by atoms with E-state index in [2.05, 4.69) is 10.8 Å². The summed E-state index contributed by atoms with van der Waals surface area (Å²) in [5.74, 6) is -2.23. The maximum Gasteiger partial charge on any atom is 0.326 e. The van der Waals surface area contributed by atoms with E-state index >= 15 is 0 Å². The van der Waals surface area contributed by atoms with E-state index in [9.17, 15) is 19.5 Å². The van der Waals surface area contributed by atoms with Gasteiger partial charge in [0.05, 0.1) is 6.61 Å². The van der Waals surface area contributed by atoms with Crippen molar-refractivity contribution < 1.29 is 24.3 Å². The van der Waals surface area contributed by atoms with Crippen molar-refractivity contribution in [2.75, 3.05) is 0 Å². The Hall–Kier alpha value is -2.41. The minimum absolute atomic E-state index is 0.0897. The monoisotopic (exact) mass is 378 g/mol. The SMILES string of the molecule is CCCC(C)(C(=O)NOCc1ccccc1)C(=O)N[C@@H](CC(C)C)C(=O)O. The van der Waals surface area contributed by atoms with Gasteiger partial charge in [-0.1, -0.05) is 57.5 Å². The number of nitrogens with one attached hydrogen (secondary N) is 2. The van der Waals surface area contributed by atoms with E-state index in [1.54, 1.807) is 0 Å². The summed E-state index contributed by atoms with van der Waals surface area (Å²) < 4.78 is 0. The van der Waals surface area contributed by atoms with Crippen molar-refractivity contribution in [3.8, 4) is 0 Å². The van der Waals surface area contributed by atoms with Crippen LogP contribution in [0.5, 0.6) is 0 Å². The number of carboxylic acid groups (broad SMARTS) is 1. The number of aliphatic carboxylic acids is 1. The van der Waals surface area contributed by atoms with E-state index in [1.165, 1.54) is 6.92 Å². The quantitative estimate of drug-likeness (QED) is 0.406. The maximum atomic E-state index is 12.7. The molecule has 0 heterocycles. The van der Waals surface area contributed by atoms with Gasteiger partial charge < -0.3 is 10.4 Å². The summed E-state index contributed by atoms with van der Waals surface area (Å²) in [4.78, 5) is 42.0. The van der Waals surface area contributed by atoms with E-state index in [-0.39, 0.29) is 25.4 Å². The van der Waals surface area contributed by atoms with Crippen LogP contribution in [0.2, 0.25) is 0 Å². The molecule has 7 nitrogen and oxygen atoms in total. The van der Waals surface area contributed by atoms with Crippen molar-refractivity contribution in [1.82, 2.24) is 10.8 Å². The highest BCUT2D eigenvalue weighted by Crippen LogP contribution is 2.25. The molecule has 0 radical (unpaired) electrons. The molecule has 1 aromatic carbocycles. The average molecular weight is 378 g/mol. The summed E-state index contributed by atoms with van der Waals surface area (Å²) in [7, 11) is 0. The molecule has 0 aromatic heterocycles. The first-order chi connectivity index (χ1) is 12.7. The fourth-order valence-corrected chi connectivity index (χ4v) is 2.71. The fourth-order valence-electron chi connectivity index (χ4n) is 2.71. The lowest BCUT2D eigenvalue weighted by atomic mass is 9.83. The molecule has 0 aliphatic heterocycles. The molecule has 0 fully saturated rings. The highest BCUT2D eigenvalue weighted by atomic mass is 16.6. The molecule has 0 saturated carbocycles. The normalized spacial score (nSPS) is 14.3. The zero-order valence-corrected chi connectivity index (χ0v) is 16.5. The van der Waals surface area contributed by atoms with E-state index in [0.29, 0.717) is 6.42 Å². The van der Waals surface area contributed by atoms with Crippen molar-refractivity contribution >= 4 is 17.8 Å². The van der Waals surface area contributed by atoms with Crippen LogP contribution < -0.4 is 10.8 Å². The van der Waals surface area contributed by atoms with Crippen molar-refractivity contribution in [2.24, 2.45) is 11.3 Å². The highest BCUT2D eigenvalue weighted by molar-refractivity contribution is 6.05. The number of hydroxylamine groups is 1. The zero-order valence-electron chi connectivity index (χ0n) is 16.5. The predicted molar refractivity (Wildman–Crippen MR) is 101 cm³/mol. The molecule has 0 aliphatic rings. The highest BCUT2D eigenvalue weighted by Gasteiger charge is 2.42. The van der Waals surface area contributed by atoms with Crippen LogP contribution in [0.3, 0.4) is 0 Å². The molecule has 27 heavy (non-hydrogen) atoms. The van der Waals surface area contributed by atoms with Crippen molar-refractivity contribution in [3.05, 3.63) is 35.9 Å². The Morgan fingerprint density at radius 2 is 1.78 bits per heavy atom. The second-order valence-electron chi connectivity index (χ2n) is 7.28. The number of rotatable bonds is 11. The van der Waals surface area contributed by atoms with Crippen LogP contribution >= 0.6 is 0 Å². The number of hydrogen-bond donors (Lipinski definition) is 3. The molecular formula is C20H30N2O5. The van der Waals surface area contributed by atoms with Gasteiger partial charge in [-0.25, -0.2) is 10.3 Å². The predicted octanol–water partition coefficient (Wildman–Crippen LogP) is 2.66. The number of carbonyl (C=O) groups excluding carboxylic acids is 2. The Balaban J connectivity index is 2.76. The first kappa shape index (κ1) is 22.6. The summed E-state index contributed by atoms with van der Waals surface area (Å²) in [5.41, 5.74) is 1.79. The Bertz CT molecular complexity index is 633. The second kappa shape index (κ2) is 10.7. The fraction of sp³-hybridized carbons (Fsp3) is 0.550. The molecule has 3 N–H and O–H groups in total. The lowest BCUT2D eigenvalue weighted by Crippen LogP contribution is -2.53. The van der Waals surface area contributed by atoms with Crippen molar-refractivity contribution in [1.29, 1.82) is 0 Å². The summed E-state index contributed by atoms with van der Waals surface area (Å²) in [6, 6.07) is 8.26. The van der Waals surface area contributed by atoms with Gasteiger partial charge in [0.15, 0.2) is 0 Å². The lowest BCUT2D eigenvalue weighted by Gasteiger charge is -2.28. The molecule has 0 saturated heterocycles. The summed E-state index contributed by atoms with van der Waals surface area (Å²) in [6.45, 7) is 7.27. The van der Waals surface area contributed by atoms with E-state index in [0.717, 1.165) is 5.56 Å². The molecule has 2 amide bonds. The van der Waals surface area contributed by atoms with Crippen LogP contribution in [-0.2, 0) is 25.8 Å². The van der Waals surface area contributed by atoms with Gasteiger partial charge in [-0.3, -0.25) is 14.4 Å². The average Bonchev–Trinajstić information content (AvgIpc) is 2.61. The van der Waals surface area contributed by atoms with Gasteiger partial charge in [0.1, 0.15) is 11.5 Å². The number of benzene rings is 1. The molecule has 150 valence electrons. The van der Waals surface area contributed by atoms with Gasteiger partial charge in [0.2, 0.25) is 5.91 Å². The van der Waals surface area contributed by atoms with Gasteiger partial charge >= 0.3 is 5.97 Å². The summed E-state index contributed by atoms with van der Waals surface area (Å²) in [5, 5.41) is 11.8. The second-order valence-corrected chi connectivity index (χ2v) is 7.28. The topological polar surface area (TPSA) is 105 Å². The minimum Gasteiger partial charge on any atom is -0.480 e. The van der Waals surface area contributed by atoms with Gasteiger partial charge in [0, 0.05) is 0 Å². The molecule has 1 aromatic rings. The van der Waals surface area contributed by atoms with Crippen molar-refractivity contribution in [3.63, 3.8) is 0 Å². The van der Waals surface area contributed by atoms with E-state index in [4.69, 9.17) is 4.84 Å². The van der Waals surface area contributed by atoms with Gasteiger partial charge in [-0.05, 0) is 31.2 Å². The summed E-state index contributed by atoms with van der Waals surface area (Å²) in [6.07, 6.45) is 1.14. The number of amides is 2. The standard InChI is InChI=1S/C20H30N2O5/c1-5-11-20(4,18(25)21-16(17(23)24)12-14(2)3)19(26)22-27-13-15-9-7-6-8-10-15/h6-10,14,16H,5,11-13H2,1-4H3,(H,21,25)(H,22,26)(H,23,24)/t16-,20?/m0/s1. The molecule has 0 spiro atoms. The summed E-state index contributed by atoms with van der Waals surface area (Å²) >= 11 is 0. The third-order valence-corrected chi connectivity index (χ3v) is 4.31. The minimum atomic E-state index is -1.42. The van der Waals surface area contributed by atoms with Crippen LogP contribution in [0.15, 0.2) is 30.3 Å². The Kier molecular flexibility index (Phi) is 8.94. The molecular weight excluding hydrogens is 348 g/mol. The zero-order chi connectivity index (χ0) is 20.4. The van der Waals surface area contributed by atoms with Gasteiger partial charge in [-0.2, -0.15) is 0 Å². The molecule has 1 unspecified atom stereocenters. The van der Waals surface area contributed by atoms with Crippen LogP contribution in [0.4, 0.5) is 0 Å². The maximum absolute atomic E-state index is 12.7. The van der Waals surface area contributed by atoms with Crippen LogP contribution in [0, 0.1) is 11.3 Å². The Labute approximate surface area is 160 Å². The number of hydrogen-bond acceptors (Lipinski definition) is 4. The Morgan fingerprint density at radius 1 is 1.15 bits per heavy atom. The van der Waals surface area contributed by atoms with E-state index < -0.39 is 29.2 Å².